The maximum atomic E-state index is 13.0. The molecule has 33 heavy (non-hydrogen) atoms. The van der Waals surface area contributed by atoms with Crippen molar-refractivity contribution in [1.29, 1.82) is 0 Å². The van der Waals surface area contributed by atoms with Crippen molar-refractivity contribution in [3.8, 4) is 11.5 Å². The zero-order valence-corrected chi connectivity index (χ0v) is 17.5. The smallest absolute Gasteiger partial charge is 0.373 e. The second-order valence-corrected chi connectivity index (χ2v) is 7.77. The minimum atomic E-state index is -4.45. The van der Waals surface area contributed by atoms with Gasteiger partial charge in [0.25, 0.3) is 0 Å². The van der Waals surface area contributed by atoms with Crippen molar-refractivity contribution in [2.24, 2.45) is 0 Å². The molecule has 0 radical (unpaired) electrons. The third-order valence-electron chi connectivity index (χ3n) is 5.34. The van der Waals surface area contributed by atoms with Crippen LogP contribution in [-0.2, 0) is 12.7 Å². The number of nitrogens with one attached hydrogen (secondary N) is 3. The second-order valence-electron chi connectivity index (χ2n) is 7.77. The van der Waals surface area contributed by atoms with Gasteiger partial charge in [0.15, 0.2) is 11.6 Å². The van der Waals surface area contributed by atoms with Gasteiger partial charge in [-0.1, -0.05) is 5.16 Å². The molecule has 1 aliphatic heterocycles. The van der Waals surface area contributed by atoms with E-state index in [0.717, 1.165) is 17.7 Å². The van der Waals surface area contributed by atoms with Gasteiger partial charge < -0.3 is 20.0 Å². The molecule has 172 valence electrons. The summed E-state index contributed by atoms with van der Waals surface area (Å²) in [7, 11) is 1.85. The van der Waals surface area contributed by atoms with E-state index >= 15 is 0 Å². The van der Waals surface area contributed by atoms with E-state index in [2.05, 4.69) is 35.8 Å². The van der Waals surface area contributed by atoms with Crippen LogP contribution in [0, 0.1) is 0 Å². The fraction of sp³-hybridized carbons (Fsp3) is 0.300. The molecule has 13 heteroatoms. The fourth-order valence-electron chi connectivity index (χ4n) is 3.68. The molecule has 0 fully saturated rings. The van der Waals surface area contributed by atoms with Crippen LogP contribution >= 0.6 is 0 Å². The van der Waals surface area contributed by atoms with Crippen molar-refractivity contribution in [3.63, 3.8) is 0 Å². The molecule has 1 unspecified atom stereocenters. The molecular weight excluding hydrogens is 441 g/mol. The third kappa shape index (κ3) is 4.01. The van der Waals surface area contributed by atoms with Crippen molar-refractivity contribution < 1.29 is 22.8 Å². The lowest BCUT2D eigenvalue weighted by molar-refractivity contribution is -0.137. The lowest BCUT2D eigenvalue weighted by Gasteiger charge is -2.18. The number of halogens is 3. The van der Waals surface area contributed by atoms with Crippen LogP contribution in [0.25, 0.3) is 22.6 Å². The lowest BCUT2D eigenvalue weighted by atomic mass is 10.1. The quantitative estimate of drug-likeness (QED) is 0.332. The number of hydrogen-bond donors (Lipinski definition) is 4. The van der Waals surface area contributed by atoms with E-state index in [1.807, 2.05) is 12.1 Å². The number of hydrogen-bond acceptors (Lipinski definition) is 9. The summed E-state index contributed by atoms with van der Waals surface area (Å²) in [6.07, 6.45) is -4.17. The van der Waals surface area contributed by atoms with Gasteiger partial charge in [-0.15, -0.1) is 0 Å². The van der Waals surface area contributed by atoms with Gasteiger partial charge in [-0.25, -0.2) is 20.0 Å². The Labute approximate surface area is 184 Å². The first-order chi connectivity index (χ1) is 15.7. The molecule has 10 nitrogen and oxygen atoms in total. The van der Waals surface area contributed by atoms with Gasteiger partial charge >= 0.3 is 6.18 Å². The largest absolute Gasteiger partial charge is 0.416 e. The number of aliphatic hydroxyl groups excluding tert-OH is 1. The van der Waals surface area contributed by atoms with E-state index < -0.39 is 24.0 Å². The van der Waals surface area contributed by atoms with Gasteiger partial charge in [-0.2, -0.15) is 13.2 Å². The lowest BCUT2D eigenvalue weighted by Crippen LogP contribution is -2.26. The Bertz CT molecular complexity index is 1320. The van der Waals surface area contributed by atoms with Crippen molar-refractivity contribution >= 4 is 16.9 Å². The molecule has 5 rings (SSSR count). The summed E-state index contributed by atoms with van der Waals surface area (Å²) in [5.41, 5.74) is 4.46. The molecule has 4 N–H and O–H groups in total. The van der Waals surface area contributed by atoms with Gasteiger partial charge in [-0.3, -0.25) is 5.32 Å². The number of hydrazine groups is 1. The standard InChI is InChI=1S/C20H19F3N8O2/c1-9(26-19(32)16-11-7-31(2)29-17(11)25-8-24-16)15-6-14(30-33-15)18-27-12-4-3-10(20(21,22)23)5-13(12)28-18/h3-6,8-9,19,26,32H,7H2,1-2H3,(H,27,28)(H,24,25,29)/t9-,19?/m1/s1. The Morgan fingerprint density at radius 1 is 1.24 bits per heavy atom. The van der Waals surface area contributed by atoms with Gasteiger partial charge in [0.05, 0.1) is 28.3 Å². The Hall–Kier alpha value is -3.55. The predicted molar refractivity (Wildman–Crippen MR) is 110 cm³/mol. The van der Waals surface area contributed by atoms with Gasteiger partial charge in [0.2, 0.25) is 0 Å². The second kappa shape index (κ2) is 7.79. The normalized spacial score (nSPS) is 16.1. The highest BCUT2D eigenvalue weighted by molar-refractivity contribution is 5.79. The summed E-state index contributed by atoms with van der Waals surface area (Å²) in [4.78, 5) is 15.5. The van der Waals surface area contributed by atoms with Gasteiger partial charge in [-0.05, 0) is 25.1 Å². The summed E-state index contributed by atoms with van der Waals surface area (Å²) >= 11 is 0. The van der Waals surface area contributed by atoms with E-state index in [1.165, 1.54) is 12.4 Å². The maximum Gasteiger partial charge on any atom is 0.416 e. The van der Waals surface area contributed by atoms with Crippen molar-refractivity contribution in [2.45, 2.75) is 31.9 Å². The highest BCUT2D eigenvalue weighted by atomic mass is 19.4. The zero-order valence-electron chi connectivity index (χ0n) is 17.5. The van der Waals surface area contributed by atoms with Crippen LogP contribution in [0.3, 0.4) is 0 Å². The minimum absolute atomic E-state index is 0.238. The maximum absolute atomic E-state index is 13.0. The summed E-state index contributed by atoms with van der Waals surface area (Å²) in [5.74, 6) is 1.31. The van der Waals surface area contributed by atoms with Crippen LogP contribution in [0.4, 0.5) is 19.0 Å². The van der Waals surface area contributed by atoms with Crippen molar-refractivity contribution in [2.75, 3.05) is 12.5 Å². The summed E-state index contributed by atoms with van der Waals surface area (Å²) in [6, 6.07) is 4.42. The molecule has 1 aromatic carbocycles. The molecule has 0 saturated heterocycles. The Morgan fingerprint density at radius 3 is 2.85 bits per heavy atom. The molecule has 0 spiro atoms. The summed E-state index contributed by atoms with van der Waals surface area (Å²) < 4.78 is 44.2. The number of aromatic nitrogens is 5. The predicted octanol–water partition coefficient (Wildman–Crippen LogP) is 3.14. The van der Waals surface area contributed by atoms with E-state index in [9.17, 15) is 18.3 Å². The summed E-state index contributed by atoms with van der Waals surface area (Å²) in [5, 5.41) is 19.5. The molecule has 3 aromatic heterocycles. The first-order valence-corrected chi connectivity index (χ1v) is 9.98. The van der Waals surface area contributed by atoms with Crippen molar-refractivity contribution in [1.82, 2.24) is 35.4 Å². The molecule has 0 bridgehead atoms. The SMILES string of the molecule is C[C@@H](NC(O)c1ncnc2c1CN(C)N2)c1cc(-c2nc3ccc(C(F)(F)F)cc3[nH]2)no1. The highest BCUT2D eigenvalue weighted by Crippen LogP contribution is 2.32. The number of imidazole rings is 1. The van der Waals surface area contributed by atoms with Crippen LogP contribution in [-0.4, -0.2) is 42.3 Å². The molecule has 2 atom stereocenters. The van der Waals surface area contributed by atoms with Crippen LogP contribution in [0.5, 0.6) is 0 Å². The molecule has 0 saturated carbocycles. The highest BCUT2D eigenvalue weighted by Gasteiger charge is 2.31. The topological polar surface area (TPSA) is 128 Å². The number of aliphatic hydroxyl groups is 1. The summed E-state index contributed by atoms with van der Waals surface area (Å²) in [6.45, 7) is 2.31. The Morgan fingerprint density at radius 2 is 2.06 bits per heavy atom. The van der Waals surface area contributed by atoms with Crippen molar-refractivity contribution in [3.05, 3.63) is 53.2 Å². The van der Waals surface area contributed by atoms with Crippen LogP contribution in [0.1, 0.15) is 41.8 Å². The average molecular weight is 460 g/mol. The van der Waals surface area contributed by atoms with Gasteiger partial charge in [0.1, 0.15) is 24.1 Å². The van der Waals surface area contributed by atoms with Crippen LogP contribution < -0.4 is 10.7 Å². The number of benzene rings is 1. The minimum Gasteiger partial charge on any atom is -0.373 e. The van der Waals surface area contributed by atoms with E-state index in [4.69, 9.17) is 4.52 Å². The van der Waals surface area contributed by atoms with Crippen LogP contribution in [0.2, 0.25) is 0 Å². The fourth-order valence-corrected chi connectivity index (χ4v) is 3.68. The third-order valence-corrected chi connectivity index (χ3v) is 5.34. The van der Waals surface area contributed by atoms with E-state index in [-0.39, 0.29) is 11.3 Å². The average Bonchev–Trinajstić information content (AvgIpc) is 3.48. The molecule has 0 aliphatic carbocycles. The first-order valence-electron chi connectivity index (χ1n) is 9.98. The molecule has 4 aromatic rings. The first kappa shape index (κ1) is 21.3. The monoisotopic (exact) mass is 460 g/mol. The molecular formula is C20H19F3N8O2. The number of alkyl halides is 3. The number of anilines is 1. The molecule has 4 heterocycles. The molecule has 1 aliphatic rings. The zero-order chi connectivity index (χ0) is 23.3. The number of nitrogens with zero attached hydrogens (tertiary/aromatic N) is 5. The Balaban J connectivity index is 1.34. The van der Waals surface area contributed by atoms with E-state index in [0.29, 0.717) is 35.0 Å². The number of aromatic amines is 1. The van der Waals surface area contributed by atoms with Gasteiger partial charge in [0, 0.05) is 25.2 Å². The number of H-pyrrole nitrogens is 1. The Kier molecular flexibility index (Phi) is 5.03. The van der Waals surface area contributed by atoms with E-state index in [1.54, 1.807) is 13.0 Å². The molecule has 0 amide bonds. The number of fused-ring (bicyclic) bond motifs is 2. The van der Waals surface area contributed by atoms with Crippen LogP contribution in [0.15, 0.2) is 35.1 Å². The number of rotatable bonds is 5.